The monoisotopic (exact) mass is 474 g/mol. The molecule has 0 atom stereocenters. The number of sulfonamides is 1. The Kier molecular flexibility index (Phi) is 6.57. The van der Waals surface area contributed by atoms with Crippen molar-refractivity contribution in [2.45, 2.75) is 26.0 Å². The van der Waals surface area contributed by atoms with Gasteiger partial charge in [-0.3, -0.25) is 4.79 Å². The Bertz CT molecular complexity index is 1270. The van der Waals surface area contributed by atoms with E-state index >= 15 is 0 Å². The number of hydrogen-bond acceptors (Lipinski definition) is 5. The Balaban J connectivity index is 1.38. The van der Waals surface area contributed by atoms with E-state index in [1.807, 2.05) is 0 Å². The van der Waals surface area contributed by atoms with Gasteiger partial charge in [-0.15, -0.1) is 0 Å². The number of rotatable bonds is 8. The predicted octanol–water partition coefficient (Wildman–Crippen LogP) is 4.54. The molecule has 1 amide bonds. The highest BCUT2D eigenvalue weighted by molar-refractivity contribution is 7.93. The summed E-state index contributed by atoms with van der Waals surface area (Å²) in [6, 6.07) is 14.4. The van der Waals surface area contributed by atoms with E-state index in [0.717, 1.165) is 5.56 Å². The van der Waals surface area contributed by atoms with Crippen LogP contribution < -0.4 is 14.8 Å². The van der Waals surface area contributed by atoms with E-state index in [0.29, 0.717) is 23.2 Å². The van der Waals surface area contributed by atoms with Crippen molar-refractivity contribution in [3.8, 4) is 5.75 Å². The first-order valence-electron chi connectivity index (χ1n) is 10.0. The molecule has 10 heteroatoms. The van der Waals surface area contributed by atoms with Gasteiger partial charge in [0.25, 0.3) is 5.91 Å². The van der Waals surface area contributed by atoms with Gasteiger partial charge in [0.2, 0.25) is 10.0 Å². The maximum atomic E-state index is 12.8. The second-order valence-electron chi connectivity index (χ2n) is 7.30. The van der Waals surface area contributed by atoms with Crippen molar-refractivity contribution in [3.05, 3.63) is 88.2 Å². The number of halogens is 2. The van der Waals surface area contributed by atoms with Gasteiger partial charge in [0.05, 0.1) is 11.2 Å². The summed E-state index contributed by atoms with van der Waals surface area (Å²) in [5, 5.41) is 2.69. The number of hydrogen-bond donors (Lipinski definition) is 2. The first-order valence-corrected chi connectivity index (χ1v) is 11.5. The fourth-order valence-electron chi connectivity index (χ4n) is 3.41. The zero-order valence-electron chi connectivity index (χ0n) is 17.3. The average molecular weight is 474 g/mol. The summed E-state index contributed by atoms with van der Waals surface area (Å²) >= 11 is 0. The smallest absolute Gasteiger partial charge is 0.387 e. The van der Waals surface area contributed by atoms with Crippen LogP contribution in [0.1, 0.15) is 33.7 Å². The fourth-order valence-corrected chi connectivity index (χ4v) is 4.60. The molecule has 1 aliphatic rings. The number of carbonyl (C=O) groups excluding carboxylic acids is 1. The first-order chi connectivity index (χ1) is 15.8. The molecule has 0 spiro atoms. The van der Waals surface area contributed by atoms with Gasteiger partial charge in [0.15, 0.2) is 5.76 Å². The summed E-state index contributed by atoms with van der Waals surface area (Å²) in [6.07, 6.45) is 3.59. The molecule has 3 aromatic rings. The fraction of sp³-hybridized carbons (Fsp3) is 0.174. The van der Waals surface area contributed by atoms with Gasteiger partial charge in [-0.05, 0) is 72.0 Å². The Morgan fingerprint density at radius 3 is 2.58 bits per heavy atom. The number of anilines is 1. The van der Waals surface area contributed by atoms with Crippen LogP contribution in [0.2, 0.25) is 0 Å². The third kappa shape index (κ3) is 5.65. The number of amides is 1. The van der Waals surface area contributed by atoms with Gasteiger partial charge in [-0.1, -0.05) is 18.2 Å². The van der Waals surface area contributed by atoms with Crippen molar-refractivity contribution >= 4 is 27.7 Å². The minimum atomic E-state index is -3.73. The van der Waals surface area contributed by atoms with E-state index in [1.54, 1.807) is 48.5 Å². The number of ether oxygens (including phenoxy) is 1. The van der Waals surface area contributed by atoms with Crippen LogP contribution in [0.15, 0.2) is 70.2 Å². The molecule has 0 fully saturated rings. The van der Waals surface area contributed by atoms with Crippen molar-refractivity contribution in [3.63, 3.8) is 0 Å². The molecular weight excluding hydrogens is 454 g/mol. The van der Waals surface area contributed by atoms with Crippen molar-refractivity contribution < 1.29 is 31.1 Å². The summed E-state index contributed by atoms with van der Waals surface area (Å²) < 4.78 is 62.3. The van der Waals surface area contributed by atoms with E-state index in [1.165, 1.54) is 18.4 Å². The number of allylic oxidation sites excluding steroid dienone is 1. The number of aryl methyl sites for hydroxylation is 1. The van der Waals surface area contributed by atoms with Crippen LogP contribution in [0.5, 0.6) is 5.75 Å². The summed E-state index contributed by atoms with van der Waals surface area (Å²) in [5.74, 6) is -0.150. The molecule has 172 valence electrons. The summed E-state index contributed by atoms with van der Waals surface area (Å²) in [7, 11) is -3.73. The third-order valence-corrected chi connectivity index (χ3v) is 6.60. The Morgan fingerprint density at radius 1 is 1.09 bits per heavy atom. The quantitative estimate of drug-likeness (QED) is 0.500. The third-order valence-electron chi connectivity index (χ3n) is 5.07. The van der Waals surface area contributed by atoms with Crippen molar-refractivity contribution in [2.75, 3.05) is 5.32 Å². The van der Waals surface area contributed by atoms with E-state index in [4.69, 9.17) is 4.42 Å². The maximum absolute atomic E-state index is 12.8. The second-order valence-corrected chi connectivity index (χ2v) is 9.12. The standard InChI is InChI=1S/C23H20F2N2O5S/c24-23(25)32-19-9-5-17-13-20(10-6-16(17)12-19)33(29,30)26-14-15-3-7-18(8-4-15)27-22(28)21-2-1-11-31-21/h1-5,7-9,11-13,23,26H,6,10,14H2,(H,27,28). The molecule has 2 N–H and O–H groups in total. The highest BCUT2D eigenvalue weighted by Crippen LogP contribution is 2.30. The molecule has 0 saturated heterocycles. The number of alkyl halides is 2. The molecule has 1 aliphatic carbocycles. The van der Waals surface area contributed by atoms with Gasteiger partial charge in [0.1, 0.15) is 5.75 Å². The maximum Gasteiger partial charge on any atom is 0.387 e. The number of nitrogens with one attached hydrogen (secondary N) is 2. The largest absolute Gasteiger partial charge is 0.459 e. The molecule has 4 rings (SSSR count). The van der Waals surface area contributed by atoms with Crippen LogP contribution in [0, 0.1) is 0 Å². The lowest BCUT2D eigenvalue weighted by atomic mass is 9.97. The first kappa shape index (κ1) is 22.7. The zero-order chi connectivity index (χ0) is 23.4. The number of furan rings is 1. The van der Waals surface area contributed by atoms with Gasteiger partial charge in [-0.2, -0.15) is 8.78 Å². The number of carbonyl (C=O) groups is 1. The second kappa shape index (κ2) is 9.55. The topological polar surface area (TPSA) is 97.6 Å². The highest BCUT2D eigenvalue weighted by atomic mass is 32.2. The lowest BCUT2D eigenvalue weighted by Gasteiger charge is -2.18. The Hall–Kier alpha value is -3.50. The molecular formula is C23H20F2N2O5S. The molecule has 0 unspecified atom stereocenters. The van der Waals surface area contributed by atoms with Crippen LogP contribution in [0.3, 0.4) is 0 Å². The van der Waals surface area contributed by atoms with Crippen molar-refractivity contribution in [2.24, 2.45) is 0 Å². The van der Waals surface area contributed by atoms with Gasteiger partial charge >= 0.3 is 6.61 Å². The summed E-state index contributed by atoms with van der Waals surface area (Å²) in [6.45, 7) is -2.84. The normalized spacial score (nSPS) is 13.4. The zero-order valence-corrected chi connectivity index (χ0v) is 18.1. The summed E-state index contributed by atoms with van der Waals surface area (Å²) in [4.78, 5) is 12.2. The lowest BCUT2D eigenvalue weighted by molar-refractivity contribution is -0.0498. The minimum Gasteiger partial charge on any atom is -0.459 e. The predicted molar refractivity (Wildman–Crippen MR) is 118 cm³/mol. The van der Waals surface area contributed by atoms with Crippen LogP contribution in [0.25, 0.3) is 6.08 Å². The van der Waals surface area contributed by atoms with Crippen molar-refractivity contribution in [1.82, 2.24) is 4.72 Å². The summed E-state index contributed by atoms with van der Waals surface area (Å²) in [5.41, 5.74) is 2.66. The molecule has 0 saturated carbocycles. The van der Waals surface area contributed by atoms with E-state index in [9.17, 15) is 22.0 Å². The molecule has 0 aliphatic heterocycles. The number of benzene rings is 2. The van der Waals surface area contributed by atoms with Gasteiger partial charge < -0.3 is 14.5 Å². The molecule has 0 radical (unpaired) electrons. The molecule has 33 heavy (non-hydrogen) atoms. The Labute approximate surface area is 189 Å². The molecule has 7 nitrogen and oxygen atoms in total. The molecule has 1 heterocycles. The van der Waals surface area contributed by atoms with E-state index in [-0.39, 0.29) is 35.3 Å². The van der Waals surface area contributed by atoms with Crippen LogP contribution >= 0.6 is 0 Å². The van der Waals surface area contributed by atoms with Gasteiger partial charge in [0, 0.05) is 12.2 Å². The molecule has 1 aromatic heterocycles. The minimum absolute atomic E-state index is 0.0466. The van der Waals surface area contributed by atoms with Crippen LogP contribution in [0.4, 0.5) is 14.5 Å². The van der Waals surface area contributed by atoms with Crippen LogP contribution in [-0.2, 0) is 23.0 Å². The van der Waals surface area contributed by atoms with E-state index in [2.05, 4.69) is 14.8 Å². The average Bonchev–Trinajstić information content (AvgIpc) is 3.33. The number of fused-ring (bicyclic) bond motifs is 1. The van der Waals surface area contributed by atoms with Crippen molar-refractivity contribution in [1.29, 1.82) is 0 Å². The molecule has 2 aromatic carbocycles. The van der Waals surface area contributed by atoms with Gasteiger partial charge in [-0.25, -0.2) is 13.1 Å². The highest BCUT2D eigenvalue weighted by Gasteiger charge is 2.22. The molecule has 0 bridgehead atoms. The Morgan fingerprint density at radius 2 is 1.88 bits per heavy atom. The SMILES string of the molecule is O=C(Nc1ccc(CNS(=O)(=O)C2=Cc3ccc(OC(F)F)cc3CC2)cc1)c1ccco1. The van der Waals surface area contributed by atoms with Crippen LogP contribution in [-0.4, -0.2) is 20.9 Å². The lowest BCUT2D eigenvalue weighted by Crippen LogP contribution is -2.25. The van der Waals surface area contributed by atoms with E-state index < -0.39 is 16.6 Å².